The summed E-state index contributed by atoms with van der Waals surface area (Å²) in [7, 11) is 1.53. The molecule has 0 unspecified atom stereocenters. The maximum atomic E-state index is 13.6. The van der Waals surface area contributed by atoms with E-state index in [0.29, 0.717) is 11.4 Å². The van der Waals surface area contributed by atoms with Gasteiger partial charge in [-0.15, -0.1) is 0 Å². The lowest BCUT2D eigenvalue weighted by Crippen LogP contribution is -2.10. The fourth-order valence-electron chi connectivity index (χ4n) is 2.22. The Hall–Kier alpha value is -2.30. The van der Waals surface area contributed by atoms with Gasteiger partial charge in [-0.1, -0.05) is 6.07 Å². The van der Waals surface area contributed by atoms with Crippen molar-refractivity contribution >= 4 is 5.78 Å². The Kier molecular flexibility index (Phi) is 4.31. The number of hydrogen-bond acceptors (Lipinski definition) is 3. The third-order valence-electron chi connectivity index (χ3n) is 3.33. The minimum Gasteiger partial charge on any atom is -0.496 e. The summed E-state index contributed by atoms with van der Waals surface area (Å²) < 4.78 is 32.1. The number of carbonyl (C=O) groups excluding carboxylic acids is 1. The molecule has 0 aliphatic carbocycles. The summed E-state index contributed by atoms with van der Waals surface area (Å²) in [4.78, 5) is 16.3. The van der Waals surface area contributed by atoms with Crippen molar-refractivity contribution in [3.05, 3.63) is 58.4 Å². The van der Waals surface area contributed by atoms with Gasteiger partial charge in [0, 0.05) is 17.3 Å². The van der Waals surface area contributed by atoms with Crippen LogP contribution >= 0.6 is 0 Å². The van der Waals surface area contributed by atoms with Crippen molar-refractivity contribution in [2.75, 3.05) is 7.11 Å². The predicted octanol–water partition coefficient (Wildman–Crippen LogP) is 3.41. The molecular formula is C16H15F2NO2. The highest BCUT2D eigenvalue weighted by molar-refractivity contribution is 5.97. The normalized spacial score (nSPS) is 10.5. The van der Waals surface area contributed by atoms with Crippen LogP contribution in [0.1, 0.15) is 27.2 Å². The monoisotopic (exact) mass is 291 g/mol. The fraction of sp³-hybridized carbons (Fsp3) is 0.250. The van der Waals surface area contributed by atoms with Gasteiger partial charge in [0.05, 0.1) is 24.8 Å². The van der Waals surface area contributed by atoms with E-state index in [1.54, 1.807) is 13.1 Å². The van der Waals surface area contributed by atoms with Crippen LogP contribution in [-0.4, -0.2) is 17.9 Å². The first-order valence-electron chi connectivity index (χ1n) is 6.42. The van der Waals surface area contributed by atoms with Crippen LogP contribution in [0.25, 0.3) is 0 Å². The smallest absolute Gasteiger partial charge is 0.171 e. The van der Waals surface area contributed by atoms with E-state index in [1.807, 2.05) is 6.92 Å². The summed E-state index contributed by atoms with van der Waals surface area (Å²) >= 11 is 0. The first kappa shape index (κ1) is 15.1. The number of benzene rings is 1. The van der Waals surface area contributed by atoms with Crippen molar-refractivity contribution in [3.8, 4) is 5.75 Å². The minimum absolute atomic E-state index is 0.108. The van der Waals surface area contributed by atoms with Crippen LogP contribution in [0.2, 0.25) is 0 Å². The second kappa shape index (κ2) is 5.99. The number of rotatable bonds is 4. The lowest BCUT2D eigenvalue weighted by molar-refractivity contribution is 0.0986. The van der Waals surface area contributed by atoms with Gasteiger partial charge in [0.15, 0.2) is 17.4 Å². The number of Topliss-reactive ketones (excluding diaryl/α,β-unsaturated/α-hetero) is 1. The average molecular weight is 291 g/mol. The van der Waals surface area contributed by atoms with Gasteiger partial charge in [-0.25, -0.2) is 8.78 Å². The Bertz CT molecular complexity index is 699. The van der Waals surface area contributed by atoms with E-state index < -0.39 is 17.4 Å². The number of aromatic nitrogens is 1. The molecule has 2 aromatic rings. The zero-order valence-electron chi connectivity index (χ0n) is 12.0. The minimum atomic E-state index is -1.13. The van der Waals surface area contributed by atoms with E-state index >= 15 is 0 Å². The Morgan fingerprint density at radius 3 is 2.67 bits per heavy atom. The van der Waals surface area contributed by atoms with Gasteiger partial charge >= 0.3 is 0 Å². The molecule has 0 saturated heterocycles. The molecule has 1 heterocycles. The molecule has 3 nitrogen and oxygen atoms in total. The van der Waals surface area contributed by atoms with E-state index in [1.165, 1.54) is 19.2 Å². The Morgan fingerprint density at radius 1 is 1.29 bits per heavy atom. The average Bonchev–Trinajstić information content (AvgIpc) is 2.45. The van der Waals surface area contributed by atoms with Gasteiger partial charge in [-0.3, -0.25) is 9.78 Å². The first-order chi connectivity index (χ1) is 9.95. The zero-order valence-corrected chi connectivity index (χ0v) is 12.0. The standard InChI is InChI=1S/C16H15F2NO2/c1-9-8-19-13(10(2)16(9)21-3)7-14(20)11-5-4-6-12(17)15(11)18/h4-6,8H,7H2,1-3H3. The zero-order chi connectivity index (χ0) is 15.6. The molecule has 21 heavy (non-hydrogen) atoms. The molecule has 0 radical (unpaired) electrons. The van der Waals surface area contributed by atoms with Crippen molar-refractivity contribution in [2.45, 2.75) is 20.3 Å². The molecule has 110 valence electrons. The summed E-state index contributed by atoms with van der Waals surface area (Å²) in [5.74, 6) is -2.03. The second-order valence-corrected chi connectivity index (χ2v) is 4.75. The third-order valence-corrected chi connectivity index (χ3v) is 3.33. The highest BCUT2D eigenvalue weighted by Gasteiger charge is 2.18. The predicted molar refractivity (Wildman–Crippen MR) is 74.7 cm³/mol. The largest absolute Gasteiger partial charge is 0.496 e. The maximum Gasteiger partial charge on any atom is 0.171 e. The molecule has 0 aliphatic heterocycles. The molecule has 0 N–H and O–H groups in total. The summed E-state index contributed by atoms with van der Waals surface area (Å²) in [6.07, 6.45) is 1.49. The summed E-state index contributed by atoms with van der Waals surface area (Å²) in [5, 5.41) is 0. The molecule has 0 saturated carbocycles. The van der Waals surface area contributed by atoms with Crippen LogP contribution in [0, 0.1) is 25.5 Å². The van der Waals surface area contributed by atoms with Crippen LogP contribution in [-0.2, 0) is 6.42 Å². The highest BCUT2D eigenvalue weighted by atomic mass is 19.2. The number of hydrogen-bond donors (Lipinski definition) is 0. The molecule has 0 bridgehead atoms. The molecule has 2 rings (SSSR count). The van der Waals surface area contributed by atoms with Crippen molar-refractivity contribution in [3.63, 3.8) is 0 Å². The van der Waals surface area contributed by atoms with E-state index in [9.17, 15) is 13.6 Å². The lowest BCUT2D eigenvalue weighted by atomic mass is 10.0. The van der Waals surface area contributed by atoms with Crippen molar-refractivity contribution in [1.29, 1.82) is 0 Å². The van der Waals surface area contributed by atoms with E-state index in [0.717, 1.165) is 17.2 Å². The fourth-order valence-corrected chi connectivity index (χ4v) is 2.22. The van der Waals surface area contributed by atoms with E-state index in [-0.39, 0.29) is 12.0 Å². The molecular weight excluding hydrogens is 276 g/mol. The van der Waals surface area contributed by atoms with E-state index in [4.69, 9.17) is 4.74 Å². The van der Waals surface area contributed by atoms with Crippen molar-refractivity contribution < 1.29 is 18.3 Å². The molecule has 0 amide bonds. The van der Waals surface area contributed by atoms with E-state index in [2.05, 4.69) is 4.98 Å². The summed E-state index contributed by atoms with van der Waals surface area (Å²) in [6.45, 7) is 3.63. The molecule has 0 fully saturated rings. The molecule has 1 aromatic heterocycles. The number of ether oxygens (including phenoxy) is 1. The number of aryl methyl sites for hydroxylation is 1. The van der Waals surface area contributed by atoms with Crippen LogP contribution in [0.5, 0.6) is 5.75 Å². The van der Waals surface area contributed by atoms with Gasteiger partial charge < -0.3 is 4.74 Å². The van der Waals surface area contributed by atoms with Crippen molar-refractivity contribution in [2.24, 2.45) is 0 Å². The number of nitrogens with zero attached hydrogens (tertiary/aromatic N) is 1. The topological polar surface area (TPSA) is 39.2 Å². The number of halogens is 2. The quantitative estimate of drug-likeness (QED) is 0.810. The maximum absolute atomic E-state index is 13.6. The Morgan fingerprint density at radius 2 is 2.00 bits per heavy atom. The number of ketones is 1. The van der Waals surface area contributed by atoms with Gasteiger partial charge in [0.1, 0.15) is 5.75 Å². The van der Waals surface area contributed by atoms with Gasteiger partial charge in [-0.2, -0.15) is 0 Å². The molecule has 0 aliphatic rings. The SMILES string of the molecule is COc1c(C)cnc(CC(=O)c2cccc(F)c2F)c1C. The van der Waals surface area contributed by atoms with Gasteiger partial charge in [0.25, 0.3) is 0 Å². The molecule has 5 heteroatoms. The van der Waals surface area contributed by atoms with Gasteiger partial charge in [0.2, 0.25) is 0 Å². The van der Waals surface area contributed by atoms with Crippen LogP contribution in [0.3, 0.4) is 0 Å². The Balaban J connectivity index is 2.34. The molecule has 0 spiro atoms. The summed E-state index contributed by atoms with van der Waals surface area (Å²) in [5.41, 5.74) is 1.80. The number of methoxy groups -OCH3 is 1. The highest BCUT2D eigenvalue weighted by Crippen LogP contribution is 2.25. The van der Waals surface area contributed by atoms with Crippen molar-refractivity contribution in [1.82, 2.24) is 4.98 Å². The second-order valence-electron chi connectivity index (χ2n) is 4.75. The van der Waals surface area contributed by atoms with Crippen LogP contribution < -0.4 is 4.74 Å². The Labute approximate surface area is 121 Å². The van der Waals surface area contributed by atoms with Gasteiger partial charge in [-0.05, 0) is 26.0 Å². The molecule has 0 atom stereocenters. The third kappa shape index (κ3) is 2.91. The molecule has 1 aromatic carbocycles. The lowest BCUT2D eigenvalue weighted by Gasteiger charge is -2.12. The van der Waals surface area contributed by atoms with Crippen LogP contribution in [0.4, 0.5) is 8.78 Å². The number of pyridine rings is 1. The number of carbonyl (C=O) groups is 1. The van der Waals surface area contributed by atoms with Crippen LogP contribution in [0.15, 0.2) is 24.4 Å². The summed E-state index contributed by atoms with van der Waals surface area (Å²) in [6, 6.07) is 3.55. The first-order valence-corrected chi connectivity index (χ1v) is 6.42.